The number of amides is 1. The van der Waals surface area contributed by atoms with E-state index in [2.05, 4.69) is 27.2 Å². The van der Waals surface area contributed by atoms with Crippen LogP contribution in [0.4, 0.5) is 0 Å². The molecule has 2 rings (SSSR count). The highest BCUT2D eigenvalue weighted by Crippen LogP contribution is 2.30. The maximum Gasteiger partial charge on any atom is 0.263 e. The van der Waals surface area contributed by atoms with Crippen LogP contribution in [0.2, 0.25) is 0 Å². The number of thiocarbonyl (C=S) groups is 1. The van der Waals surface area contributed by atoms with Crippen molar-refractivity contribution in [1.82, 2.24) is 5.32 Å². The van der Waals surface area contributed by atoms with Crippen LogP contribution in [-0.2, 0) is 4.79 Å². The molecule has 1 aromatic carbocycles. The van der Waals surface area contributed by atoms with Crippen molar-refractivity contribution in [1.29, 1.82) is 0 Å². The first-order valence-electron chi connectivity index (χ1n) is 5.21. The summed E-state index contributed by atoms with van der Waals surface area (Å²) in [5.41, 5.74) is 0.770. The Morgan fingerprint density at radius 3 is 3.00 bits per heavy atom. The Hall–Kier alpha value is -1.29. The van der Waals surface area contributed by atoms with E-state index in [1.54, 1.807) is 12.1 Å². The van der Waals surface area contributed by atoms with Crippen molar-refractivity contribution < 1.29 is 9.53 Å². The van der Waals surface area contributed by atoms with E-state index < -0.39 is 0 Å². The van der Waals surface area contributed by atoms with Gasteiger partial charge in [-0.3, -0.25) is 4.79 Å². The smallest absolute Gasteiger partial charge is 0.263 e. The Bertz CT molecular complexity index is 620. The van der Waals surface area contributed by atoms with Gasteiger partial charge in [0.25, 0.3) is 5.91 Å². The first-order chi connectivity index (χ1) is 9.10. The zero-order valence-corrected chi connectivity index (χ0v) is 12.8. The highest BCUT2D eigenvalue weighted by Gasteiger charge is 2.22. The topological polar surface area (TPSA) is 38.3 Å². The third kappa shape index (κ3) is 3.60. The Morgan fingerprint density at radius 1 is 1.58 bits per heavy atom. The van der Waals surface area contributed by atoms with Crippen LogP contribution in [0.25, 0.3) is 6.08 Å². The number of rotatable bonds is 3. The molecule has 19 heavy (non-hydrogen) atoms. The number of hydrogen-bond acceptors (Lipinski definition) is 4. The summed E-state index contributed by atoms with van der Waals surface area (Å²) in [4.78, 5) is 12.2. The fraction of sp³-hybridized carbons (Fsp3) is 0.0769. The number of terminal acetylenes is 1. The third-order valence-corrected chi connectivity index (χ3v) is 3.87. The maximum absolute atomic E-state index is 11.6. The summed E-state index contributed by atoms with van der Waals surface area (Å²) in [5.74, 6) is 2.84. The molecular weight excluding hydrogens is 346 g/mol. The maximum atomic E-state index is 11.6. The fourth-order valence-corrected chi connectivity index (χ4v) is 2.86. The second-order valence-corrected chi connectivity index (χ2v) is 6.16. The molecule has 6 heteroatoms. The van der Waals surface area contributed by atoms with Crippen molar-refractivity contribution in [2.45, 2.75) is 0 Å². The molecule has 0 saturated carbocycles. The van der Waals surface area contributed by atoms with Gasteiger partial charge in [-0.2, -0.15) is 0 Å². The average Bonchev–Trinajstić information content (AvgIpc) is 2.67. The molecule has 0 aromatic heterocycles. The summed E-state index contributed by atoms with van der Waals surface area (Å²) >= 11 is 9.55. The Morgan fingerprint density at radius 2 is 2.37 bits per heavy atom. The molecule has 1 aliphatic rings. The van der Waals surface area contributed by atoms with Gasteiger partial charge in [0.15, 0.2) is 0 Å². The molecule has 1 amide bonds. The minimum absolute atomic E-state index is 0.176. The van der Waals surface area contributed by atoms with Gasteiger partial charge in [-0.05, 0) is 24.3 Å². The monoisotopic (exact) mass is 353 g/mol. The third-order valence-electron chi connectivity index (χ3n) is 2.21. The normalized spacial score (nSPS) is 16.3. The molecule has 0 radical (unpaired) electrons. The van der Waals surface area contributed by atoms with Crippen molar-refractivity contribution in [3.8, 4) is 18.1 Å². The van der Waals surface area contributed by atoms with Crippen molar-refractivity contribution in [3.05, 3.63) is 33.1 Å². The van der Waals surface area contributed by atoms with Gasteiger partial charge in [-0.1, -0.05) is 45.8 Å². The molecule has 0 aliphatic carbocycles. The Balaban J connectivity index is 2.35. The van der Waals surface area contributed by atoms with Crippen LogP contribution >= 0.6 is 39.9 Å². The lowest BCUT2D eigenvalue weighted by Crippen LogP contribution is -2.17. The lowest BCUT2D eigenvalue weighted by molar-refractivity contribution is -0.115. The molecule has 1 aromatic rings. The summed E-state index contributed by atoms with van der Waals surface area (Å²) in [6, 6.07) is 5.50. The standard InChI is InChI=1S/C13H8BrNO2S2/c1-2-5-17-10-4-3-9(14)6-8(10)7-11-12(16)15-13(18)19-11/h1,3-4,6-7H,5H2,(H,15,16,18)/b11-7-. The first-order valence-corrected chi connectivity index (χ1v) is 7.22. The molecule has 1 heterocycles. The molecule has 1 N–H and O–H groups in total. The average molecular weight is 354 g/mol. The number of nitrogens with one attached hydrogen (secondary N) is 1. The molecule has 0 bridgehead atoms. The fourth-order valence-electron chi connectivity index (χ4n) is 1.45. The predicted molar refractivity (Wildman–Crippen MR) is 84.8 cm³/mol. The van der Waals surface area contributed by atoms with E-state index >= 15 is 0 Å². The number of hydrogen-bond donors (Lipinski definition) is 1. The van der Waals surface area contributed by atoms with Gasteiger partial charge in [-0.15, -0.1) is 6.42 Å². The van der Waals surface area contributed by atoms with Gasteiger partial charge in [0.2, 0.25) is 0 Å². The number of carbonyl (C=O) groups excluding carboxylic acids is 1. The van der Waals surface area contributed by atoms with Crippen LogP contribution in [0.1, 0.15) is 5.56 Å². The highest BCUT2D eigenvalue weighted by molar-refractivity contribution is 9.10. The lowest BCUT2D eigenvalue weighted by Gasteiger charge is -2.07. The van der Waals surface area contributed by atoms with Gasteiger partial charge in [-0.25, -0.2) is 0 Å². The highest BCUT2D eigenvalue weighted by atomic mass is 79.9. The summed E-state index contributed by atoms with van der Waals surface area (Å²) in [7, 11) is 0. The quantitative estimate of drug-likeness (QED) is 0.515. The molecule has 1 aliphatic heterocycles. The Kier molecular flexibility index (Phi) is 4.64. The van der Waals surface area contributed by atoms with E-state index in [1.807, 2.05) is 12.1 Å². The van der Waals surface area contributed by atoms with Crippen LogP contribution in [0.5, 0.6) is 5.75 Å². The summed E-state index contributed by atoms with van der Waals surface area (Å²) < 4.78 is 6.78. The second kappa shape index (κ2) is 6.24. The first kappa shape index (κ1) is 14.1. The van der Waals surface area contributed by atoms with Gasteiger partial charge in [0.05, 0.1) is 4.91 Å². The lowest BCUT2D eigenvalue weighted by atomic mass is 10.2. The number of halogens is 1. The number of carbonyl (C=O) groups is 1. The van der Waals surface area contributed by atoms with Gasteiger partial charge >= 0.3 is 0 Å². The molecule has 0 spiro atoms. The number of benzene rings is 1. The van der Waals surface area contributed by atoms with Gasteiger partial charge in [0, 0.05) is 10.0 Å². The molecular formula is C13H8BrNO2S2. The van der Waals surface area contributed by atoms with Crippen molar-refractivity contribution in [2.24, 2.45) is 0 Å². The van der Waals surface area contributed by atoms with Crippen molar-refractivity contribution >= 4 is 56.2 Å². The minimum Gasteiger partial charge on any atom is -0.480 e. The number of ether oxygens (including phenoxy) is 1. The van der Waals surface area contributed by atoms with Gasteiger partial charge < -0.3 is 10.1 Å². The summed E-state index contributed by atoms with van der Waals surface area (Å²) in [6.45, 7) is 0.176. The van der Waals surface area contributed by atoms with E-state index in [0.29, 0.717) is 15.0 Å². The molecule has 1 fully saturated rings. The zero-order chi connectivity index (χ0) is 13.8. The summed E-state index contributed by atoms with van der Waals surface area (Å²) in [6.07, 6.45) is 6.91. The van der Waals surface area contributed by atoms with E-state index in [-0.39, 0.29) is 12.5 Å². The molecule has 96 valence electrons. The summed E-state index contributed by atoms with van der Waals surface area (Å²) in [5, 5.41) is 2.57. The predicted octanol–water partition coefficient (Wildman–Crippen LogP) is 2.95. The van der Waals surface area contributed by atoms with Crippen LogP contribution in [0.15, 0.2) is 27.6 Å². The van der Waals surface area contributed by atoms with Crippen molar-refractivity contribution in [2.75, 3.05) is 6.61 Å². The largest absolute Gasteiger partial charge is 0.480 e. The molecule has 0 atom stereocenters. The van der Waals surface area contributed by atoms with E-state index in [9.17, 15) is 4.79 Å². The number of thioether (sulfide) groups is 1. The SMILES string of the molecule is C#CCOc1ccc(Br)cc1/C=C1\SC(=S)NC1=O. The van der Waals surface area contributed by atoms with E-state index in [1.165, 1.54) is 11.8 Å². The molecule has 3 nitrogen and oxygen atoms in total. The van der Waals surface area contributed by atoms with E-state index in [0.717, 1.165) is 10.0 Å². The van der Waals surface area contributed by atoms with Crippen LogP contribution in [0, 0.1) is 12.3 Å². The van der Waals surface area contributed by atoms with Crippen LogP contribution in [0.3, 0.4) is 0 Å². The molecule has 1 saturated heterocycles. The van der Waals surface area contributed by atoms with Crippen molar-refractivity contribution in [3.63, 3.8) is 0 Å². The van der Waals surface area contributed by atoms with E-state index in [4.69, 9.17) is 23.4 Å². The van der Waals surface area contributed by atoms with Crippen LogP contribution in [-0.4, -0.2) is 16.8 Å². The minimum atomic E-state index is -0.196. The molecule has 0 unspecified atom stereocenters. The van der Waals surface area contributed by atoms with Crippen LogP contribution < -0.4 is 10.1 Å². The zero-order valence-electron chi connectivity index (χ0n) is 9.60. The second-order valence-electron chi connectivity index (χ2n) is 3.53. The Labute approximate surface area is 128 Å². The van der Waals surface area contributed by atoms with Gasteiger partial charge in [0.1, 0.15) is 16.7 Å².